The van der Waals surface area contributed by atoms with Crippen molar-refractivity contribution in [1.82, 2.24) is 9.80 Å². The van der Waals surface area contributed by atoms with E-state index in [1.165, 1.54) is 11.3 Å². The lowest BCUT2D eigenvalue weighted by molar-refractivity contribution is -0.130. The minimum absolute atomic E-state index is 0.187. The van der Waals surface area contributed by atoms with Gasteiger partial charge in [0.25, 0.3) is 0 Å². The maximum Gasteiger partial charge on any atom is 0.219 e. The van der Waals surface area contributed by atoms with Crippen LogP contribution in [-0.4, -0.2) is 61.1 Å². The van der Waals surface area contributed by atoms with Crippen molar-refractivity contribution < 1.29 is 9.53 Å². The summed E-state index contributed by atoms with van der Waals surface area (Å²) in [7, 11) is 0. The molecule has 1 amide bonds. The van der Waals surface area contributed by atoms with E-state index < -0.39 is 0 Å². The van der Waals surface area contributed by atoms with Gasteiger partial charge in [0.1, 0.15) is 0 Å². The summed E-state index contributed by atoms with van der Waals surface area (Å²) in [6, 6.07) is 9.20. The van der Waals surface area contributed by atoms with E-state index >= 15 is 0 Å². The zero-order chi connectivity index (χ0) is 16.9. The molecule has 0 bridgehead atoms. The molecule has 3 rings (SSSR count). The topological polar surface area (TPSA) is 44.8 Å². The first-order valence-electron chi connectivity index (χ1n) is 9.03. The summed E-state index contributed by atoms with van der Waals surface area (Å²) < 4.78 is 5.47. The number of hydrogen-bond donors (Lipinski definition) is 1. The maximum atomic E-state index is 11.4. The second-order valence-electron chi connectivity index (χ2n) is 7.04. The number of carbonyl (C=O) groups is 1. The van der Waals surface area contributed by atoms with Crippen molar-refractivity contribution in [1.29, 1.82) is 0 Å². The van der Waals surface area contributed by atoms with E-state index in [4.69, 9.17) is 4.74 Å². The molecule has 0 radical (unpaired) electrons. The maximum absolute atomic E-state index is 11.4. The summed E-state index contributed by atoms with van der Waals surface area (Å²) in [5, 5.41) is 3.60. The number of carbonyl (C=O) groups excluding carboxylic acids is 1. The zero-order valence-electron chi connectivity index (χ0n) is 14.8. The summed E-state index contributed by atoms with van der Waals surface area (Å²) in [6.07, 6.45) is 1.15. The quantitative estimate of drug-likeness (QED) is 0.898. The molecule has 5 nitrogen and oxygen atoms in total. The Morgan fingerprint density at radius 3 is 2.54 bits per heavy atom. The molecule has 0 unspecified atom stereocenters. The van der Waals surface area contributed by atoms with Crippen LogP contribution < -0.4 is 5.32 Å². The lowest BCUT2D eigenvalue weighted by atomic mass is 10.0. The van der Waals surface area contributed by atoms with Gasteiger partial charge in [-0.25, -0.2) is 0 Å². The second-order valence-corrected chi connectivity index (χ2v) is 7.04. The molecular weight excluding hydrogens is 302 g/mol. The zero-order valence-corrected chi connectivity index (χ0v) is 14.8. The first-order chi connectivity index (χ1) is 11.6. The van der Waals surface area contributed by atoms with Crippen molar-refractivity contribution in [3.8, 4) is 0 Å². The highest BCUT2D eigenvalue weighted by Crippen LogP contribution is 2.21. The van der Waals surface area contributed by atoms with E-state index in [-0.39, 0.29) is 5.91 Å². The normalized spacial score (nSPS) is 23.2. The molecule has 1 N–H and O–H groups in total. The highest BCUT2D eigenvalue weighted by Gasteiger charge is 2.22. The Hall–Kier alpha value is -1.59. The first kappa shape index (κ1) is 17.2. The summed E-state index contributed by atoms with van der Waals surface area (Å²) in [4.78, 5) is 15.7. The van der Waals surface area contributed by atoms with Crippen LogP contribution in [0.3, 0.4) is 0 Å². The van der Waals surface area contributed by atoms with Gasteiger partial charge >= 0.3 is 0 Å². The van der Waals surface area contributed by atoms with Gasteiger partial charge in [0, 0.05) is 63.9 Å². The average molecular weight is 331 g/mol. The van der Waals surface area contributed by atoms with Crippen LogP contribution in [0.15, 0.2) is 24.3 Å². The fraction of sp³-hybridized carbons (Fsp3) is 0.632. The summed E-state index contributed by atoms with van der Waals surface area (Å²) in [5.41, 5.74) is 2.51. The standard InChI is InChI=1S/C19H29N3O2/c1-15(18-7-12-24-14-18)20-19-5-3-17(4-6-19)13-21-8-10-22(11-9-21)16(2)23/h3-6,15,18,20H,7-14H2,1-2H3/t15-,18+/m0/s1. The Morgan fingerprint density at radius 1 is 1.25 bits per heavy atom. The van der Waals surface area contributed by atoms with Gasteiger partial charge in [-0.1, -0.05) is 12.1 Å². The third-order valence-electron chi connectivity index (χ3n) is 5.24. The average Bonchev–Trinajstić information content (AvgIpc) is 3.12. The number of piperazine rings is 1. The van der Waals surface area contributed by atoms with E-state index in [9.17, 15) is 4.79 Å². The largest absolute Gasteiger partial charge is 0.382 e. The molecule has 2 aliphatic rings. The molecule has 24 heavy (non-hydrogen) atoms. The molecule has 5 heteroatoms. The third kappa shape index (κ3) is 4.48. The number of rotatable bonds is 5. The van der Waals surface area contributed by atoms with Gasteiger partial charge in [0.15, 0.2) is 0 Å². The van der Waals surface area contributed by atoms with Crippen molar-refractivity contribution in [3.63, 3.8) is 0 Å². The predicted molar refractivity (Wildman–Crippen MR) is 96.0 cm³/mol. The van der Waals surface area contributed by atoms with Crippen molar-refractivity contribution in [2.75, 3.05) is 44.7 Å². The molecular formula is C19H29N3O2. The minimum Gasteiger partial charge on any atom is -0.382 e. The molecule has 2 heterocycles. The van der Waals surface area contributed by atoms with Crippen LogP contribution in [0.4, 0.5) is 5.69 Å². The van der Waals surface area contributed by atoms with Gasteiger partial charge in [-0.15, -0.1) is 0 Å². The summed E-state index contributed by atoms with van der Waals surface area (Å²) in [5.74, 6) is 0.800. The summed E-state index contributed by atoms with van der Waals surface area (Å²) in [6.45, 7) is 10.2. The molecule has 2 saturated heterocycles. The van der Waals surface area contributed by atoms with Crippen LogP contribution in [-0.2, 0) is 16.1 Å². The van der Waals surface area contributed by atoms with Crippen molar-refractivity contribution in [2.24, 2.45) is 5.92 Å². The highest BCUT2D eigenvalue weighted by molar-refractivity contribution is 5.73. The molecule has 0 spiro atoms. The monoisotopic (exact) mass is 331 g/mol. The Kier molecular flexibility index (Phi) is 5.74. The number of nitrogens with one attached hydrogen (secondary N) is 1. The van der Waals surface area contributed by atoms with Crippen LogP contribution in [0.1, 0.15) is 25.8 Å². The van der Waals surface area contributed by atoms with E-state index in [2.05, 4.69) is 41.4 Å². The van der Waals surface area contributed by atoms with Crippen LogP contribution in [0.25, 0.3) is 0 Å². The highest BCUT2D eigenvalue weighted by atomic mass is 16.5. The fourth-order valence-corrected chi connectivity index (χ4v) is 3.51. The number of nitrogens with zero attached hydrogens (tertiary/aromatic N) is 2. The molecule has 1 aromatic carbocycles. The van der Waals surface area contributed by atoms with Crippen LogP contribution >= 0.6 is 0 Å². The Balaban J connectivity index is 1.47. The van der Waals surface area contributed by atoms with Crippen LogP contribution in [0.5, 0.6) is 0 Å². The molecule has 1 aromatic rings. The minimum atomic E-state index is 0.187. The first-order valence-corrected chi connectivity index (χ1v) is 9.03. The predicted octanol–water partition coefficient (Wildman–Crippen LogP) is 2.19. The molecule has 0 aromatic heterocycles. The van der Waals surface area contributed by atoms with Crippen molar-refractivity contribution >= 4 is 11.6 Å². The van der Waals surface area contributed by atoms with E-state index in [1.807, 2.05) is 4.90 Å². The van der Waals surface area contributed by atoms with Crippen LogP contribution in [0, 0.1) is 5.92 Å². The molecule has 2 atom stereocenters. The van der Waals surface area contributed by atoms with Gasteiger partial charge in [0.2, 0.25) is 5.91 Å². The third-order valence-corrected chi connectivity index (χ3v) is 5.24. The SMILES string of the molecule is CC(=O)N1CCN(Cc2ccc(N[C@@H](C)[C@@H]3CCOC3)cc2)CC1. The van der Waals surface area contributed by atoms with E-state index in [1.54, 1.807) is 6.92 Å². The molecule has 0 aliphatic carbocycles. The van der Waals surface area contributed by atoms with Gasteiger partial charge in [0.05, 0.1) is 6.61 Å². The van der Waals surface area contributed by atoms with Crippen molar-refractivity contribution in [3.05, 3.63) is 29.8 Å². The molecule has 132 valence electrons. The van der Waals surface area contributed by atoms with Gasteiger partial charge in [-0.3, -0.25) is 9.69 Å². The number of hydrogen-bond acceptors (Lipinski definition) is 4. The van der Waals surface area contributed by atoms with Crippen LogP contribution in [0.2, 0.25) is 0 Å². The molecule has 2 fully saturated rings. The Bertz CT molecular complexity index is 532. The summed E-state index contributed by atoms with van der Waals surface area (Å²) >= 11 is 0. The smallest absolute Gasteiger partial charge is 0.219 e. The fourth-order valence-electron chi connectivity index (χ4n) is 3.51. The van der Waals surface area contributed by atoms with E-state index in [0.717, 1.165) is 52.4 Å². The lowest BCUT2D eigenvalue weighted by Crippen LogP contribution is -2.47. The number of ether oxygens (including phenoxy) is 1. The molecule has 0 saturated carbocycles. The number of anilines is 1. The number of benzene rings is 1. The second kappa shape index (κ2) is 7.99. The lowest BCUT2D eigenvalue weighted by Gasteiger charge is -2.34. The van der Waals surface area contributed by atoms with Gasteiger partial charge < -0.3 is 15.0 Å². The van der Waals surface area contributed by atoms with Gasteiger partial charge in [-0.2, -0.15) is 0 Å². The Labute approximate surface area is 145 Å². The van der Waals surface area contributed by atoms with Gasteiger partial charge in [-0.05, 0) is 31.0 Å². The Morgan fingerprint density at radius 2 is 1.96 bits per heavy atom. The number of amides is 1. The molecule has 2 aliphatic heterocycles. The van der Waals surface area contributed by atoms with Crippen molar-refractivity contribution in [2.45, 2.75) is 32.9 Å². The van der Waals surface area contributed by atoms with E-state index in [0.29, 0.717) is 12.0 Å².